The Morgan fingerprint density at radius 1 is 1.41 bits per heavy atom. The highest BCUT2D eigenvalue weighted by atomic mass is 19.1. The molecule has 0 aliphatic heterocycles. The minimum atomic E-state index is -0.399. The number of rotatable bonds is 5. The summed E-state index contributed by atoms with van der Waals surface area (Å²) in [6, 6.07) is 6.33. The van der Waals surface area contributed by atoms with E-state index in [0.29, 0.717) is 12.1 Å². The highest BCUT2D eigenvalue weighted by molar-refractivity contribution is 5.33. The summed E-state index contributed by atoms with van der Waals surface area (Å²) in [7, 11) is 0. The Kier molecular flexibility index (Phi) is 5.08. The first kappa shape index (κ1) is 13.6. The molecule has 0 radical (unpaired) electrons. The van der Waals surface area contributed by atoms with Gasteiger partial charge in [0, 0.05) is 19.2 Å². The zero-order valence-electron chi connectivity index (χ0n) is 10.1. The van der Waals surface area contributed by atoms with Gasteiger partial charge in [-0.2, -0.15) is 5.26 Å². The van der Waals surface area contributed by atoms with Crippen LogP contribution in [0.2, 0.25) is 0 Å². The molecule has 2 N–H and O–H groups in total. The highest BCUT2D eigenvalue weighted by Gasteiger charge is 2.10. The lowest BCUT2D eigenvalue weighted by molar-refractivity contribution is 0.207. The van der Waals surface area contributed by atoms with Crippen molar-refractivity contribution in [2.24, 2.45) is 5.92 Å². The number of hydrogen-bond acceptors (Lipinski definition) is 3. The molecule has 1 aromatic rings. The summed E-state index contributed by atoms with van der Waals surface area (Å²) in [6.45, 7) is 4.49. The van der Waals surface area contributed by atoms with Crippen LogP contribution in [0.4, 0.5) is 4.39 Å². The third kappa shape index (κ3) is 4.14. The quantitative estimate of drug-likeness (QED) is 0.819. The topological polar surface area (TPSA) is 56.0 Å². The molecule has 17 heavy (non-hydrogen) atoms. The number of halogens is 1. The predicted octanol–water partition coefficient (Wildman–Crippen LogP) is 1.80. The second-order valence-corrected chi connectivity index (χ2v) is 4.29. The normalized spacial score (nSPS) is 14.1. The maximum Gasteiger partial charge on any atom is 0.124 e. The van der Waals surface area contributed by atoms with Gasteiger partial charge in [0.1, 0.15) is 5.82 Å². The third-order valence-corrected chi connectivity index (χ3v) is 2.86. The van der Waals surface area contributed by atoms with Crippen LogP contribution in [0.25, 0.3) is 0 Å². The van der Waals surface area contributed by atoms with Crippen LogP contribution in [0.15, 0.2) is 18.2 Å². The van der Waals surface area contributed by atoms with Crippen LogP contribution in [0.5, 0.6) is 0 Å². The molecule has 0 fully saturated rings. The largest absolute Gasteiger partial charge is 0.396 e. The molecule has 3 nitrogen and oxygen atoms in total. The van der Waals surface area contributed by atoms with Crippen LogP contribution in [-0.2, 0) is 6.54 Å². The molecule has 0 aromatic heterocycles. The first-order valence-corrected chi connectivity index (χ1v) is 5.60. The molecule has 0 aliphatic rings. The van der Waals surface area contributed by atoms with Crippen LogP contribution in [0, 0.1) is 23.1 Å². The van der Waals surface area contributed by atoms with E-state index in [1.165, 1.54) is 12.1 Å². The lowest BCUT2D eigenvalue weighted by Crippen LogP contribution is -2.33. The molecule has 0 saturated heterocycles. The van der Waals surface area contributed by atoms with Crippen molar-refractivity contribution in [3.63, 3.8) is 0 Å². The fourth-order valence-corrected chi connectivity index (χ4v) is 1.46. The Hall–Kier alpha value is -1.44. The van der Waals surface area contributed by atoms with Gasteiger partial charge in [-0.1, -0.05) is 6.92 Å². The first-order valence-electron chi connectivity index (χ1n) is 5.60. The monoisotopic (exact) mass is 236 g/mol. The number of benzene rings is 1. The van der Waals surface area contributed by atoms with Gasteiger partial charge in [0.2, 0.25) is 0 Å². The summed E-state index contributed by atoms with van der Waals surface area (Å²) in [4.78, 5) is 0. The number of hydrogen-bond donors (Lipinski definition) is 2. The molecule has 0 amide bonds. The fraction of sp³-hybridized carbons (Fsp3) is 0.462. The maximum absolute atomic E-state index is 13.1. The van der Waals surface area contributed by atoms with E-state index in [1.807, 2.05) is 19.9 Å². The molecular formula is C13H17FN2O. The zero-order chi connectivity index (χ0) is 12.8. The van der Waals surface area contributed by atoms with E-state index in [2.05, 4.69) is 5.32 Å². The Morgan fingerprint density at radius 2 is 2.12 bits per heavy atom. The predicted molar refractivity (Wildman–Crippen MR) is 63.7 cm³/mol. The summed E-state index contributed by atoms with van der Waals surface area (Å²) >= 11 is 0. The molecule has 0 heterocycles. The lowest BCUT2D eigenvalue weighted by atomic mass is 10.0. The standard InChI is InChI=1S/C13H17FN2O/c1-9(8-17)10(2)16-7-12-3-11(6-15)4-13(14)5-12/h3-5,9-10,16-17H,7-8H2,1-2H3. The summed E-state index contributed by atoms with van der Waals surface area (Å²) < 4.78 is 13.1. The number of aliphatic hydroxyl groups is 1. The van der Waals surface area contributed by atoms with E-state index in [4.69, 9.17) is 10.4 Å². The zero-order valence-corrected chi connectivity index (χ0v) is 10.1. The minimum Gasteiger partial charge on any atom is -0.396 e. The molecule has 0 saturated carbocycles. The Bertz CT molecular complexity index is 414. The van der Waals surface area contributed by atoms with Gasteiger partial charge < -0.3 is 10.4 Å². The molecule has 1 aromatic carbocycles. The van der Waals surface area contributed by atoms with Crippen molar-refractivity contribution in [2.45, 2.75) is 26.4 Å². The van der Waals surface area contributed by atoms with Crippen molar-refractivity contribution >= 4 is 0 Å². The number of aliphatic hydroxyl groups excluding tert-OH is 1. The molecule has 0 spiro atoms. The lowest BCUT2D eigenvalue weighted by Gasteiger charge is -2.19. The first-order chi connectivity index (χ1) is 8.06. The van der Waals surface area contributed by atoms with Crippen LogP contribution in [-0.4, -0.2) is 17.8 Å². The van der Waals surface area contributed by atoms with Crippen LogP contribution < -0.4 is 5.32 Å². The van der Waals surface area contributed by atoms with Crippen molar-refractivity contribution in [1.29, 1.82) is 5.26 Å². The fourth-order valence-electron chi connectivity index (χ4n) is 1.46. The molecule has 2 atom stereocenters. The Labute approximate surface area is 101 Å². The number of nitrogens with zero attached hydrogens (tertiary/aromatic N) is 1. The molecule has 0 bridgehead atoms. The summed E-state index contributed by atoms with van der Waals surface area (Å²) in [5.41, 5.74) is 1.06. The SMILES string of the molecule is CC(CO)C(C)NCc1cc(F)cc(C#N)c1. The number of nitriles is 1. The molecule has 0 aliphatic carbocycles. The van der Waals surface area contributed by atoms with Gasteiger partial charge >= 0.3 is 0 Å². The van der Waals surface area contributed by atoms with Crippen molar-refractivity contribution < 1.29 is 9.50 Å². The van der Waals surface area contributed by atoms with Crippen molar-refractivity contribution in [3.8, 4) is 6.07 Å². The maximum atomic E-state index is 13.1. The molecular weight excluding hydrogens is 219 g/mol. The second-order valence-electron chi connectivity index (χ2n) is 4.29. The molecule has 1 rings (SSSR count). The van der Waals surface area contributed by atoms with Crippen LogP contribution in [0.3, 0.4) is 0 Å². The van der Waals surface area contributed by atoms with Gasteiger partial charge in [-0.25, -0.2) is 4.39 Å². The van der Waals surface area contributed by atoms with E-state index in [0.717, 1.165) is 5.56 Å². The molecule has 4 heteroatoms. The molecule has 92 valence electrons. The van der Waals surface area contributed by atoms with Gasteiger partial charge in [0.15, 0.2) is 0 Å². The minimum absolute atomic E-state index is 0.112. The van der Waals surface area contributed by atoms with E-state index in [-0.39, 0.29) is 18.6 Å². The second kappa shape index (κ2) is 6.33. The van der Waals surface area contributed by atoms with Gasteiger partial charge in [0.25, 0.3) is 0 Å². The summed E-state index contributed by atoms with van der Waals surface area (Å²) in [6.07, 6.45) is 0. The van der Waals surface area contributed by atoms with Crippen molar-refractivity contribution in [2.75, 3.05) is 6.61 Å². The number of nitrogens with one attached hydrogen (secondary N) is 1. The Balaban J connectivity index is 2.64. The van der Waals surface area contributed by atoms with Gasteiger partial charge in [-0.15, -0.1) is 0 Å². The summed E-state index contributed by atoms with van der Waals surface area (Å²) in [5.74, 6) is -0.261. The van der Waals surface area contributed by atoms with E-state index < -0.39 is 5.82 Å². The van der Waals surface area contributed by atoms with E-state index in [9.17, 15) is 4.39 Å². The van der Waals surface area contributed by atoms with Gasteiger partial charge in [0.05, 0.1) is 11.6 Å². The van der Waals surface area contributed by atoms with Crippen LogP contribution >= 0.6 is 0 Å². The third-order valence-electron chi connectivity index (χ3n) is 2.86. The van der Waals surface area contributed by atoms with Crippen LogP contribution in [0.1, 0.15) is 25.0 Å². The van der Waals surface area contributed by atoms with Crippen molar-refractivity contribution in [3.05, 3.63) is 35.1 Å². The highest BCUT2D eigenvalue weighted by Crippen LogP contribution is 2.09. The van der Waals surface area contributed by atoms with Gasteiger partial charge in [-0.3, -0.25) is 0 Å². The summed E-state index contributed by atoms with van der Waals surface area (Å²) in [5, 5.41) is 20.9. The van der Waals surface area contributed by atoms with E-state index in [1.54, 1.807) is 6.07 Å². The smallest absolute Gasteiger partial charge is 0.124 e. The average Bonchev–Trinajstić information content (AvgIpc) is 2.34. The van der Waals surface area contributed by atoms with Crippen molar-refractivity contribution in [1.82, 2.24) is 5.32 Å². The van der Waals surface area contributed by atoms with E-state index >= 15 is 0 Å². The Morgan fingerprint density at radius 3 is 2.71 bits per heavy atom. The molecule has 2 unspecified atom stereocenters. The van der Waals surface area contributed by atoms with Gasteiger partial charge in [-0.05, 0) is 36.6 Å². The average molecular weight is 236 g/mol.